The zero-order valence-electron chi connectivity index (χ0n) is 14.6. The minimum Gasteiger partial charge on any atom is -0.494 e. The van der Waals surface area contributed by atoms with Crippen LogP contribution in [0.15, 0.2) is 59.4 Å². The van der Waals surface area contributed by atoms with Crippen LogP contribution in [0.5, 0.6) is 5.75 Å². The predicted octanol–water partition coefficient (Wildman–Crippen LogP) is 4.95. The van der Waals surface area contributed by atoms with E-state index in [4.69, 9.17) is 20.9 Å². The highest BCUT2D eigenvalue weighted by atomic mass is 35.5. The van der Waals surface area contributed by atoms with Gasteiger partial charge in [0, 0.05) is 22.7 Å². The molecular weight excluding hydrogens is 364 g/mol. The molecule has 1 N–H and O–H groups in total. The number of ether oxygens (including phenoxy) is 1. The van der Waals surface area contributed by atoms with Crippen LogP contribution < -0.4 is 10.1 Å². The maximum atomic E-state index is 5.96. The third-order valence-corrected chi connectivity index (χ3v) is 4.34. The molecule has 4 rings (SSSR count). The van der Waals surface area contributed by atoms with Gasteiger partial charge < -0.3 is 14.6 Å². The summed E-state index contributed by atoms with van der Waals surface area (Å²) in [4.78, 5) is 8.64. The number of nitrogens with zero attached hydrogens (tertiary/aromatic N) is 3. The smallest absolute Gasteiger partial charge is 0.228 e. The first-order valence-corrected chi connectivity index (χ1v) is 8.95. The van der Waals surface area contributed by atoms with Gasteiger partial charge in [-0.25, -0.2) is 9.97 Å². The topological polar surface area (TPSA) is 73.1 Å². The molecule has 0 saturated heterocycles. The number of anilines is 1. The second-order valence-electron chi connectivity index (χ2n) is 5.83. The first kappa shape index (κ1) is 17.3. The van der Waals surface area contributed by atoms with Crippen LogP contribution in [0.1, 0.15) is 12.5 Å². The van der Waals surface area contributed by atoms with Gasteiger partial charge >= 0.3 is 0 Å². The van der Waals surface area contributed by atoms with E-state index in [2.05, 4.69) is 20.4 Å². The molecule has 0 aliphatic rings. The Bertz CT molecular complexity index is 1060. The molecule has 7 heteroatoms. The molecule has 0 saturated carbocycles. The molecule has 0 atom stereocenters. The van der Waals surface area contributed by atoms with Crippen molar-refractivity contribution in [3.8, 4) is 17.0 Å². The Balaban J connectivity index is 1.63. The Morgan fingerprint density at radius 3 is 2.70 bits per heavy atom. The first-order valence-electron chi connectivity index (χ1n) is 8.57. The van der Waals surface area contributed by atoms with E-state index in [0.29, 0.717) is 40.8 Å². The molecule has 2 aromatic carbocycles. The summed E-state index contributed by atoms with van der Waals surface area (Å²) in [5.74, 6) is 1.43. The van der Waals surface area contributed by atoms with Gasteiger partial charge in [0.25, 0.3) is 0 Å². The minimum atomic E-state index is 0.511. The lowest BCUT2D eigenvalue weighted by molar-refractivity contribution is 0.337. The molecule has 0 fully saturated rings. The van der Waals surface area contributed by atoms with E-state index < -0.39 is 0 Å². The lowest BCUT2D eigenvalue weighted by Crippen LogP contribution is -2.04. The van der Waals surface area contributed by atoms with E-state index in [1.165, 1.54) is 6.33 Å². The number of aromatic nitrogens is 3. The number of benzene rings is 2. The molecule has 0 aliphatic heterocycles. The van der Waals surface area contributed by atoms with Crippen molar-refractivity contribution in [1.29, 1.82) is 0 Å². The molecule has 6 nitrogen and oxygen atoms in total. The zero-order chi connectivity index (χ0) is 18.6. The molecule has 0 unspecified atom stereocenters. The summed E-state index contributed by atoms with van der Waals surface area (Å²) in [5, 5.41) is 8.13. The Kier molecular flexibility index (Phi) is 4.89. The molecule has 0 aliphatic carbocycles. The number of rotatable bonds is 6. The SMILES string of the molecule is CCOc1ccccc1CNc1ncnc2c(-c3ccc(Cl)cc3)noc12. The fourth-order valence-corrected chi connectivity index (χ4v) is 2.94. The van der Waals surface area contributed by atoms with Gasteiger partial charge in [-0.05, 0) is 25.1 Å². The standard InChI is InChI=1S/C20H17ClN4O2/c1-2-26-16-6-4-3-5-14(16)11-22-20-19-18(23-12-24-20)17(25-27-19)13-7-9-15(21)10-8-13/h3-10,12H,2,11H2,1H3,(H,22,23,24). The summed E-state index contributed by atoms with van der Waals surface area (Å²) in [6, 6.07) is 15.3. The highest BCUT2D eigenvalue weighted by Gasteiger charge is 2.16. The van der Waals surface area contributed by atoms with Crippen LogP contribution in [0.25, 0.3) is 22.4 Å². The molecular formula is C20H17ClN4O2. The number of fused-ring (bicyclic) bond motifs is 1. The first-order chi connectivity index (χ1) is 13.3. The summed E-state index contributed by atoms with van der Waals surface area (Å²) in [7, 11) is 0. The normalized spacial score (nSPS) is 10.9. The highest BCUT2D eigenvalue weighted by molar-refractivity contribution is 6.30. The summed E-state index contributed by atoms with van der Waals surface area (Å²) in [6.07, 6.45) is 1.50. The Labute approximate surface area is 161 Å². The zero-order valence-corrected chi connectivity index (χ0v) is 15.4. The quantitative estimate of drug-likeness (QED) is 0.510. The van der Waals surface area contributed by atoms with Crippen LogP contribution in [-0.4, -0.2) is 21.7 Å². The lowest BCUT2D eigenvalue weighted by atomic mass is 10.1. The van der Waals surface area contributed by atoms with Crippen LogP contribution in [0.4, 0.5) is 5.82 Å². The molecule has 0 amide bonds. The van der Waals surface area contributed by atoms with Crippen molar-refractivity contribution < 1.29 is 9.26 Å². The van der Waals surface area contributed by atoms with Gasteiger partial charge in [-0.1, -0.05) is 47.1 Å². The Morgan fingerprint density at radius 2 is 1.89 bits per heavy atom. The third kappa shape index (κ3) is 3.57. The van der Waals surface area contributed by atoms with Crippen molar-refractivity contribution in [3.05, 3.63) is 65.4 Å². The monoisotopic (exact) mass is 380 g/mol. The van der Waals surface area contributed by atoms with Crippen LogP contribution in [0, 0.1) is 0 Å². The number of halogens is 1. The number of para-hydroxylation sites is 1. The molecule has 136 valence electrons. The molecule has 0 bridgehead atoms. The molecule has 2 aromatic heterocycles. The number of nitrogens with one attached hydrogen (secondary N) is 1. The minimum absolute atomic E-state index is 0.511. The largest absolute Gasteiger partial charge is 0.494 e. The summed E-state index contributed by atoms with van der Waals surface area (Å²) in [6.45, 7) is 3.12. The van der Waals surface area contributed by atoms with Gasteiger partial charge in [0.05, 0.1) is 6.61 Å². The molecule has 27 heavy (non-hydrogen) atoms. The summed E-state index contributed by atoms with van der Waals surface area (Å²) in [5.41, 5.74) is 3.72. The van der Waals surface area contributed by atoms with Crippen LogP contribution >= 0.6 is 11.6 Å². The fourth-order valence-electron chi connectivity index (χ4n) is 2.81. The van der Waals surface area contributed by atoms with E-state index in [0.717, 1.165) is 16.9 Å². The van der Waals surface area contributed by atoms with Crippen molar-refractivity contribution in [2.75, 3.05) is 11.9 Å². The molecule has 2 heterocycles. The van der Waals surface area contributed by atoms with Crippen LogP contribution in [-0.2, 0) is 6.54 Å². The van der Waals surface area contributed by atoms with E-state index >= 15 is 0 Å². The van der Waals surface area contributed by atoms with Gasteiger partial charge in [0.2, 0.25) is 5.58 Å². The average molecular weight is 381 g/mol. The second kappa shape index (κ2) is 7.63. The van der Waals surface area contributed by atoms with Gasteiger partial charge in [0.15, 0.2) is 5.82 Å². The van der Waals surface area contributed by atoms with Gasteiger partial charge in [-0.2, -0.15) is 0 Å². The van der Waals surface area contributed by atoms with Gasteiger partial charge in [0.1, 0.15) is 23.3 Å². The third-order valence-electron chi connectivity index (χ3n) is 4.09. The van der Waals surface area contributed by atoms with Crippen molar-refractivity contribution in [1.82, 2.24) is 15.1 Å². The Morgan fingerprint density at radius 1 is 1.07 bits per heavy atom. The maximum absolute atomic E-state index is 5.96. The van der Waals surface area contributed by atoms with E-state index in [9.17, 15) is 0 Å². The maximum Gasteiger partial charge on any atom is 0.228 e. The van der Waals surface area contributed by atoms with Gasteiger partial charge in [-0.3, -0.25) is 0 Å². The lowest BCUT2D eigenvalue weighted by Gasteiger charge is -2.11. The highest BCUT2D eigenvalue weighted by Crippen LogP contribution is 2.30. The van der Waals surface area contributed by atoms with E-state index in [1.54, 1.807) is 0 Å². The number of hydrogen-bond donors (Lipinski definition) is 1. The number of hydrogen-bond acceptors (Lipinski definition) is 6. The fraction of sp³-hybridized carbons (Fsp3) is 0.150. The molecule has 0 radical (unpaired) electrons. The predicted molar refractivity (Wildman–Crippen MR) is 105 cm³/mol. The second-order valence-corrected chi connectivity index (χ2v) is 6.27. The van der Waals surface area contributed by atoms with Crippen molar-refractivity contribution in [3.63, 3.8) is 0 Å². The summed E-state index contributed by atoms with van der Waals surface area (Å²) >= 11 is 5.96. The van der Waals surface area contributed by atoms with Crippen molar-refractivity contribution in [2.24, 2.45) is 0 Å². The van der Waals surface area contributed by atoms with Crippen LogP contribution in [0.3, 0.4) is 0 Å². The summed E-state index contributed by atoms with van der Waals surface area (Å²) < 4.78 is 11.2. The average Bonchev–Trinajstić information content (AvgIpc) is 3.13. The van der Waals surface area contributed by atoms with Crippen molar-refractivity contribution >= 4 is 28.5 Å². The molecule has 0 spiro atoms. The van der Waals surface area contributed by atoms with E-state index in [-0.39, 0.29) is 0 Å². The van der Waals surface area contributed by atoms with Crippen LogP contribution in [0.2, 0.25) is 5.02 Å². The van der Waals surface area contributed by atoms with Crippen molar-refractivity contribution in [2.45, 2.75) is 13.5 Å². The Hall–Kier alpha value is -3.12. The molecule has 4 aromatic rings. The van der Waals surface area contributed by atoms with E-state index in [1.807, 2.05) is 55.5 Å². The van der Waals surface area contributed by atoms with Gasteiger partial charge in [-0.15, -0.1) is 0 Å².